The lowest BCUT2D eigenvalue weighted by molar-refractivity contribution is 0.0697. The third-order valence-corrected chi connectivity index (χ3v) is 4.40. The van der Waals surface area contributed by atoms with Crippen molar-refractivity contribution in [1.82, 2.24) is 9.55 Å². The van der Waals surface area contributed by atoms with Crippen molar-refractivity contribution < 1.29 is 9.90 Å². The Morgan fingerprint density at radius 1 is 1.43 bits per heavy atom. The van der Waals surface area contributed by atoms with E-state index in [9.17, 15) is 9.90 Å². The van der Waals surface area contributed by atoms with Crippen LogP contribution in [0.25, 0.3) is 11.0 Å². The van der Waals surface area contributed by atoms with Gasteiger partial charge in [-0.1, -0.05) is 13.8 Å². The number of rotatable bonds is 7. The second kappa shape index (κ2) is 6.98. The van der Waals surface area contributed by atoms with Crippen molar-refractivity contribution in [1.29, 1.82) is 0 Å². The molecule has 2 aromatic rings. The van der Waals surface area contributed by atoms with Gasteiger partial charge in [-0.15, -0.1) is 0 Å². The second-order valence-electron chi connectivity index (χ2n) is 5.17. The number of benzene rings is 1. The molecule has 1 heterocycles. The van der Waals surface area contributed by atoms with E-state index in [-0.39, 0.29) is 0 Å². The first kappa shape index (κ1) is 15.9. The maximum atomic E-state index is 11.2. The first-order valence-electron chi connectivity index (χ1n) is 7.35. The SMILES string of the molecule is CCCc1nc2ccc(C(=O)O)cc2n1C(CC)CSC. The highest BCUT2D eigenvalue weighted by Crippen LogP contribution is 2.27. The molecule has 0 fully saturated rings. The molecule has 4 nitrogen and oxygen atoms in total. The van der Waals surface area contributed by atoms with E-state index in [4.69, 9.17) is 4.98 Å². The quantitative estimate of drug-likeness (QED) is 0.840. The van der Waals surface area contributed by atoms with Gasteiger partial charge in [0.05, 0.1) is 16.6 Å². The van der Waals surface area contributed by atoms with Crippen molar-refractivity contribution in [3.8, 4) is 0 Å². The Morgan fingerprint density at radius 2 is 2.19 bits per heavy atom. The number of nitrogens with zero attached hydrogens (tertiary/aromatic N) is 2. The molecule has 1 aromatic carbocycles. The van der Waals surface area contributed by atoms with Gasteiger partial charge < -0.3 is 9.67 Å². The van der Waals surface area contributed by atoms with Crippen LogP contribution < -0.4 is 0 Å². The molecule has 0 radical (unpaired) electrons. The summed E-state index contributed by atoms with van der Waals surface area (Å²) >= 11 is 1.81. The van der Waals surface area contributed by atoms with Crippen LogP contribution in [0.15, 0.2) is 18.2 Å². The minimum absolute atomic E-state index is 0.325. The molecule has 0 saturated heterocycles. The van der Waals surface area contributed by atoms with Gasteiger partial charge in [0.1, 0.15) is 5.82 Å². The van der Waals surface area contributed by atoms with E-state index >= 15 is 0 Å². The maximum absolute atomic E-state index is 11.2. The number of carboxylic acid groups (broad SMARTS) is 1. The lowest BCUT2D eigenvalue weighted by atomic mass is 10.1. The molecule has 0 aliphatic carbocycles. The number of carbonyl (C=O) groups is 1. The fraction of sp³-hybridized carbons (Fsp3) is 0.500. The number of fused-ring (bicyclic) bond motifs is 1. The van der Waals surface area contributed by atoms with E-state index in [0.717, 1.165) is 41.9 Å². The first-order valence-corrected chi connectivity index (χ1v) is 8.74. The highest BCUT2D eigenvalue weighted by atomic mass is 32.2. The van der Waals surface area contributed by atoms with Crippen LogP contribution in [0.2, 0.25) is 0 Å². The number of thioether (sulfide) groups is 1. The normalized spacial score (nSPS) is 12.7. The van der Waals surface area contributed by atoms with Crippen LogP contribution in [0.3, 0.4) is 0 Å². The van der Waals surface area contributed by atoms with Crippen LogP contribution in [0.1, 0.15) is 48.9 Å². The number of aromatic nitrogens is 2. The van der Waals surface area contributed by atoms with E-state index in [1.807, 2.05) is 17.8 Å². The largest absolute Gasteiger partial charge is 0.478 e. The molecule has 0 bridgehead atoms. The predicted molar refractivity (Wildman–Crippen MR) is 88.4 cm³/mol. The monoisotopic (exact) mass is 306 g/mol. The molecule has 1 aromatic heterocycles. The van der Waals surface area contributed by atoms with Crippen molar-refractivity contribution in [2.45, 2.75) is 39.2 Å². The number of imidazole rings is 1. The van der Waals surface area contributed by atoms with Crippen LogP contribution >= 0.6 is 11.8 Å². The summed E-state index contributed by atoms with van der Waals surface area (Å²) in [4.78, 5) is 15.9. The van der Waals surface area contributed by atoms with E-state index in [1.54, 1.807) is 12.1 Å². The summed E-state index contributed by atoms with van der Waals surface area (Å²) in [5.41, 5.74) is 2.16. The van der Waals surface area contributed by atoms with E-state index in [2.05, 4.69) is 24.7 Å². The number of hydrogen-bond donors (Lipinski definition) is 1. The molecule has 0 saturated carbocycles. The Hall–Kier alpha value is -1.49. The molecular weight excluding hydrogens is 284 g/mol. The molecule has 21 heavy (non-hydrogen) atoms. The minimum atomic E-state index is -0.889. The van der Waals surface area contributed by atoms with Crippen LogP contribution in [0.4, 0.5) is 0 Å². The topological polar surface area (TPSA) is 55.1 Å². The Bertz CT molecular complexity index is 636. The highest BCUT2D eigenvalue weighted by Gasteiger charge is 2.18. The summed E-state index contributed by atoms with van der Waals surface area (Å²) in [5.74, 6) is 1.19. The van der Waals surface area contributed by atoms with Crippen LogP contribution in [0.5, 0.6) is 0 Å². The van der Waals surface area contributed by atoms with Crippen LogP contribution in [-0.2, 0) is 6.42 Å². The predicted octanol–water partition coefficient (Wildman–Crippen LogP) is 4.00. The van der Waals surface area contributed by atoms with Gasteiger partial charge in [-0.25, -0.2) is 9.78 Å². The third kappa shape index (κ3) is 3.23. The van der Waals surface area contributed by atoms with Crippen LogP contribution in [0, 0.1) is 0 Å². The van der Waals surface area contributed by atoms with E-state index in [1.165, 1.54) is 0 Å². The average Bonchev–Trinajstić information content (AvgIpc) is 2.82. The van der Waals surface area contributed by atoms with Gasteiger partial charge in [-0.2, -0.15) is 11.8 Å². The zero-order valence-corrected chi connectivity index (χ0v) is 13.6. The Kier molecular flexibility index (Phi) is 5.28. The fourth-order valence-electron chi connectivity index (χ4n) is 2.65. The minimum Gasteiger partial charge on any atom is -0.478 e. The maximum Gasteiger partial charge on any atom is 0.335 e. The molecule has 5 heteroatoms. The van der Waals surface area contributed by atoms with Gasteiger partial charge in [0.2, 0.25) is 0 Å². The standard InChI is InChI=1S/C16H22N2O2S/c1-4-6-15-17-13-8-7-11(16(19)20)9-14(13)18(15)12(5-2)10-21-3/h7-9,12H,4-6,10H2,1-3H3,(H,19,20). The van der Waals surface area contributed by atoms with Gasteiger partial charge in [0, 0.05) is 18.2 Å². The van der Waals surface area contributed by atoms with Crippen molar-refractivity contribution in [2.24, 2.45) is 0 Å². The summed E-state index contributed by atoms with van der Waals surface area (Å²) in [5, 5.41) is 9.21. The zero-order valence-electron chi connectivity index (χ0n) is 12.8. The van der Waals surface area contributed by atoms with E-state index < -0.39 is 5.97 Å². The molecule has 0 aliphatic heterocycles. The van der Waals surface area contributed by atoms with Crippen LogP contribution in [-0.4, -0.2) is 32.6 Å². The number of carboxylic acids is 1. The molecule has 1 unspecified atom stereocenters. The Labute approximate surface area is 129 Å². The molecule has 0 amide bonds. The molecule has 0 aliphatic rings. The van der Waals surface area contributed by atoms with Gasteiger partial charge in [-0.05, 0) is 37.3 Å². The van der Waals surface area contributed by atoms with Gasteiger partial charge in [-0.3, -0.25) is 0 Å². The van der Waals surface area contributed by atoms with Gasteiger partial charge >= 0.3 is 5.97 Å². The zero-order chi connectivity index (χ0) is 15.4. The fourth-order valence-corrected chi connectivity index (χ4v) is 3.42. The highest BCUT2D eigenvalue weighted by molar-refractivity contribution is 7.98. The van der Waals surface area contributed by atoms with Crippen molar-refractivity contribution in [3.63, 3.8) is 0 Å². The van der Waals surface area contributed by atoms with Crippen molar-refractivity contribution >= 4 is 28.8 Å². The Balaban J connectivity index is 2.63. The lowest BCUT2D eigenvalue weighted by Crippen LogP contribution is -2.14. The first-order chi connectivity index (χ1) is 10.1. The molecular formula is C16H22N2O2S. The molecule has 114 valence electrons. The molecule has 2 rings (SSSR count). The molecule has 1 N–H and O–H groups in total. The Morgan fingerprint density at radius 3 is 2.76 bits per heavy atom. The average molecular weight is 306 g/mol. The van der Waals surface area contributed by atoms with Gasteiger partial charge in [0.15, 0.2) is 0 Å². The summed E-state index contributed by atoms with van der Waals surface area (Å²) in [6.07, 6.45) is 5.07. The summed E-state index contributed by atoms with van der Waals surface area (Å²) in [6.45, 7) is 4.31. The van der Waals surface area contributed by atoms with E-state index in [0.29, 0.717) is 11.6 Å². The smallest absolute Gasteiger partial charge is 0.335 e. The second-order valence-corrected chi connectivity index (χ2v) is 6.08. The lowest BCUT2D eigenvalue weighted by Gasteiger charge is -2.19. The number of aryl methyl sites for hydroxylation is 1. The number of aromatic carboxylic acids is 1. The summed E-state index contributed by atoms with van der Waals surface area (Å²) in [7, 11) is 0. The van der Waals surface area contributed by atoms with Crippen molar-refractivity contribution in [3.05, 3.63) is 29.6 Å². The molecule has 1 atom stereocenters. The summed E-state index contributed by atoms with van der Waals surface area (Å²) < 4.78 is 2.25. The number of hydrogen-bond acceptors (Lipinski definition) is 3. The molecule has 0 spiro atoms. The van der Waals surface area contributed by atoms with Gasteiger partial charge in [0.25, 0.3) is 0 Å². The summed E-state index contributed by atoms with van der Waals surface area (Å²) in [6, 6.07) is 5.57. The third-order valence-electron chi connectivity index (χ3n) is 3.68. The van der Waals surface area contributed by atoms with Crippen molar-refractivity contribution in [2.75, 3.05) is 12.0 Å².